The number of hydrogen-bond acceptors (Lipinski definition) is 0. The molecule has 0 spiro atoms. The van der Waals surface area contributed by atoms with Gasteiger partial charge in [-0.05, 0) is 0 Å². The van der Waals surface area contributed by atoms with Crippen molar-refractivity contribution in [3.05, 3.63) is 0 Å². The fourth-order valence-electron chi connectivity index (χ4n) is 0. The molecule has 2 N–H and O–H groups in total. The third kappa shape index (κ3) is 8.91. The largest absolute Gasteiger partial charge is 0 e. The van der Waals surface area contributed by atoms with Crippen LogP contribution in [-0.4, -0.2) is 51.0 Å². The first kappa shape index (κ1) is 27.7. The van der Waals surface area contributed by atoms with Crippen LogP contribution in [0.25, 0.3) is 0 Å². The fraction of sp³-hybridized carbons (Fsp3) is 0. The SMILES string of the molecule is O.[Cu].[SrH2].[Y]. The summed E-state index contributed by atoms with van der Waals surface area (Å²) in [5.41, 5.74) is 0. The molecule has 0 fully saturated rings. The Morgan fingerprint density at radius 3 is 1.00 bits per heavy atom. The number of rotatable bonds is 0. The molecule has 0 saturated heterocycles. The van der Waals surface area contributed by atoms with E-state index in [0.29, 0.717) is 0 Å². The minimum absolute atomic E-state index is 0. The molecule has 0 rings (SSSR count). The predicted molar refractivity (Wildman–Crippen MR) is 12.2 cm³/mol. The summed E-state index contributed by atoms with van der Waals surface area (Å²) < 4.78 is 0. The molecule has 4 heavy (non-hydrogen) atoms. The minimum atomic E-state index is 0. The Bertz CT molecular complexity index is 8.00. The van der Waals surface area contributed by atoms with Crippen molar-refractivity contribution in [2.45, 2.75) is 0 Å². The van der Waals surface area contributed by atoms with Crippen molar-refractivity contribution in [1.29, 1.82) is 0 Å². The van der Waals surface area contributed by atoms with Crippen molar-refractivity contribution >= 4 is 45.5 Å². The molecule has 0 unspecified atom stereocenters. The summed E-state index contributed by atoms with van der Waals surface area (Å²) in [5, 5.41) is 0. The van der Waals surface area contributed by atoms with E-state index in [0.717, 1.165) is 0 Å². The average Bonchev–Trinajstić information content (AvgIpc) is 0. The molecule has 1 nitrogen and oxygen atoms in total. The van der Waals surface area contributed by atoms with Gasteiger partial charge in [0.1, 0.15) is 0 Å². The fourth-order valence-corrected chi connectivity index (χ4v) is 0. The molecule has 26 valence electrons. The average molecular weight is 260 g/mol. The summed E-state index contributed by atoms with van der Waals surface area (Å²) in [6.07, 6.45) is 0. The van der Waals surface area contributed by atoms with E-state index < -0.39 is 0 Å². The Morgan fingerprint density at radius 1 is 1.00 bits per heavy atom. The predicted octanol–water partition coefficient (Wildman–Crippen LogP) is -1.75. The first-order valence-electron chi connectivity index (χ1n) is 0. The van der Waals surface area contributed by atoms with Crippen molar-refractivity contribution in [3.8, 4) is 0 Å². The summed E-state index contributed by atoms with van der Waals surface area (Å²) in [5.74, 6) is 0. The zero-order valence-corrected chi connectivity index (χ0v) is 5.16. The van der Waals surface area contributed by atoms with Gasteiger partial charge in [0.25, 0.3) is 0 Å². The van der Waals surface area contributed by atoms with Crippen molar-refractivity contribution in [3.63, 3.8) is 0 Å². The van der Waals surface area contributed by atoms with E-state index in [1.807, 2.05) is 0 Å². The van der Waals surface area contributed by atoms with Crippen LogP contribution in [-0.2, 0) is 49.8 Å². The second-order valence-electron chi connectivity index (χ2n) is 0. The number of hydrogen-bond donors (Lipinski definition) is 0. The summed E-state index contributed by atoms with van der Waals surface area (Å²) in [6, 6.07) is 0. The molecular formula is H4CuOSrY. The van der Waals surface area contributed by atoms with Gasteiger partial charge >= 0.3 is 45.5 Å². The van der Waals surface area contributed by atoms with Gasteiger partial charge in [-0.25, -0.2) is 0 Å². The summed E-state index contributed by atoms with van der Waals surface area (Å²) in [6.45, 7) is 0. The van der Waals surface area contributed by atoms with Gasteiger partial charge in [0.2, 0.25) is 0 Å². The molecule has 0 aliphatic heterocycles. The topological polar surface area (TPSA) is 31.5 Å². The van der Waals surface area contributed by atoms with E-state index in [1.54, 1.807) is 0 Å². The second-order valence-corrected chi connectivity index (χ2v) is 0. The van der Waals surface area contributed by atoms with Gasteiger partial charge in [-0.1, -0.05) is 0 Å². The Hall–Kier alpha value is 3.06. The third-order valence-electron chi connectivity index (χ3n) is 0. The van der Waals surface area contributed by atoms with E-state index in [-0.39, 0.29) is 101 Å². The smallest absolute Gasteiger partial charge is 0 e. The van der Waals surface area contributed by atoms with Gasteiger partial charge < -0.3 is 5.48 Å². The normalized spacial score (nSPS) is 0. The maximum atomic E-state index is 0. The first-order chi connectivity index (χ1) is 0. The van der Waals surface area contributed by atoms with Crippen molar-refractivity contribution in [2.75, 3.05) is 0 Å². The molecule has 0 heterocycles. The first-order valence-corrected chi connectivity index (χ1v) is 0. The van der Waals surface area contributed by atoms with Crippen LogP contribution in [0.2, 0.25) is 0 Å². The second kappa shape index (κ2) is 16.6. The van der Waals surface area contributed by atoms with Crippen molar-refractivity contribution in [2.24, 2.45) is 0 Å². The van der Waals surface area contributed by atoms with Crippen LogP contribution < -0.4 is 0 Å². The molecule has 0 atom stereocenters. The van der Waals surface area contributed by atoms with E-state index >= 15 is 0 Å². The van der Waals surface area contributed by atoms with E-state index in [2.05, 4.69) is 0 Å². The molecule has 0 aromatic rings. The van der Waals surface area contributed by atoms with Gasteiger partial charge in [-0.15, -0.1) is 0 Å². The van der Waals surface area contributed by atoms with Crippen LogP contribution >= 0.6 is 0 Å². The van der Waals surface area contributed by atoms with E-state index in [9.17, 15) is 0 Å². The zero-order valence-electron chi connectivity index (χ0n) is 1.38. The molecule has 0 saturated carbocycles. The van der Waals surface area contributed by atoms with Crippen LogP contribution in [0.5, 0.6) is 0 Å². The molecule has 0 aromatic carbocycles. The van der Waals surface area contributed by atoms with E-state index in [1.165, 1.54) is 0 Å². The summed E-state index contributed by atoms with van der Waals surface area (Å²) in [7, 11) is 0. The molecule has 0 bridgehead atoms. The van der Waals surface area contributed by atoms with Gasteiger partial charge in [0, 0.05) is 49.8 Å². The maximum Gasteiger partial charge on any atom is 0 e. The van der Waals surface area contributed by atoms with Crippen LogP contribution in [0.15, 0.2) is 0 Å². The maximum absolute atomic E-state index is 0. The van der Waals surface area contributed by atoms with Crippen LogP contribution in [0.3, 0.4) is 0 Å². The Morgan fingerprint density at radius 2 is 1.00 bits per heavy atom. The monoisotopic (exact) mass is 260 g/mol. The van der Waals surface area contributed by atoms with Gasteiger partial charge in [0.05, 0.1) is 0 Å². The van der Waals surface area contributed by atoms with Gasteiger partial charge in [-0.3, -0.25) is 0 Å². The van der Waals surface area contributed by atoms with E-state index in [4.69, 9.17) is 0 Å². The molecule has 0 amide bonds. The van der Waals surface area contributed by atoms with Gasteiger partial charge in [-0.2, -0.15) is 0 Å². The molecule has 0 aliphatic rings. The minimum Gasteiger partial charge on any atom is 0 e. The van der Waals surface area contributed by atoms with Crippen LogP contribution in [0, 0.1) is 0 Å². The quantitative estimate of drug-likeness (QED) is 0.463. The van der Waals surface area contributed by atoms with Gasteiger partial charge in [0.15, 0.2) is 0 Å². The van der Waals surface area contributed by atoms with Crippen molar-refractivity contribution < 1.29 is 55.3 Å². The molecular weight excluding hydrogens is 256 g/mol. The Labute approximate surface area is 98.2 Å². The van der Waals surface area contributed by atoms with Crippen LogP contribution in [0.1, 0.15) is 0 Å². The molecule has 0 aromatic heterocycles. The molecule has 2 radical (unpaired) electrons. The van der Waals surface area contributed by atoms with Crippen LogP contribution in [0.4, 0.5) is 0 Å². The standard InChI is InChI=1S/Cu.H2O.Sr.Y.2H/h;1H2;;;;. The zero-order chi connectivity index (χ0) is 0. The molecule has 4 heteroatoms. The van der Waals surface area contributed by atoms with Crippen molar-refractivity contribution in [1.82, 2.24) is 0 Å². The Kier molecular flexibility index (Phi) is 115. The third-order valence-corrected chi connectivity index (χ3v) is 0. The summed E-state index contributed by atoms with van der Waals surface area (Å²) in [4.78, 5) is 0. The molecule has 0 aliphatic carbocycles. The summed E-state index contributed by atoms with van der Waals surface area (Å²) >= 11 is 0. The Balaban J connectivity index is 0.